The summed E-state index contributed by atoms with van der Waals surface area (Å²) < 4.78 is 50.2. The third kappa shape index (κ3) is 4.49. The first-order chi connectivity index (χ1) is 10.8. The summed E-state index contributed by atoms with van der Waals surface area (Å²) in [6, 6.07) is -0.564. The van der Waals surface area contributed by atoms with Crippen LogP contribution in [-0.2, 0) is 24.7 Å². The van der Waals surface area contributed by atoms with E-state index in [4.69, 9.17) is 0 Å². The lowest BCUT2D eigenvalue weighted by molar-refractivity contribution is -0.133. The molecule has 2 saturated heterocycles. The van der Waals surface area contributed by atoms with Gasteiger partial charge in [-0.15, -0.1) is 0 Å². The van der Waals surface area contributed by atoms with Gasteiger partial charge in [-0.25, -0.2) is 16.8 Å². The van der Waals surface area contributed by atoms with Gasteiger partial charge in [-0.05, 0) is 18.3 Å². The van der Waals surface area contributed by atoms with Crippen LogP contribution in [0, 0.1) is 5.41 Å². The second-order valence-electron chi connectivity index (χ2n) is 8.04. The minimum atomic E-state index is -3.46. The van der Waals surface area contributed by atoms with Gasteiger partial charge in [0.25, 0.3) is 0 Å². The minimum Gasteiger partial charge on any atom is -0.343 e. The van der Waals surface area contributed by atoms with Crippen LogP contribution >= 0.6 is 0 Å². The highest BCUT2D eigenvalue weighted by molar-refractivity contribution is 7.92. The Labute approximate surface area is 145 Å². The zero-order chi connectivity index (χ0) is 18.3. The summed E-state index contributed by atoms with van der Waals surface area (Å²) in [6.07, 6.45) is 2.18. The van der Waals surface area contributed by atoms with Crippen LogP contribution in [0.1, 0.15) is 40.0 Å². The number of sulfonamides is 1. The van der Waals surface area contributed by atoms with Crippen LogP contribution in [0.5, 0.6) is 0 Å². The number of fused-ring (bicyclic) bond motifs is 1. The van der Waals surface area contributed by atoms with Crippen LogP contribution in [0.2, 0.25) is 0 Å². The fourth-order valence-electron chi connectivity index (χ4n) is 3.57. The molecule has 2 atom stereocenters. The van der Waals surface area contributed by atoms with Gasteiger partial charge in [0, 0.05) is 32.1 Å². The van der Waals surface area contributed by atoms with Gasteiger partial charge in [-0.3, -0.25) is 4.79 Å². The molecule has 0 bridgehead atoms. The summed E-state index contributed by atoms with van der Waals surface area (Å²) in [4.78, 5) is 14.2. The summed E-state index contributed by atoms with van der Waals surface area (Å²) in [6.45, 7) is 6.73. The fourth-order valence-corrected chi connectivity index (χ4v) is 6.91. The SMILES string of the molecule is CC(C)(C)CC(=O)N1CC[C@@H]2[C@H](CC1)N(S(C)(=O)=O)CCS2(=O)=O. The van der Waals surface area contributed by atoms with Crippen LogP contribution in [0.15, 0.2) is 0 Å². The van der Waals surface area contributed by atoms with Crippen LogP contribution in [0.4, 0.5) is 0 Å². The highest BCUT2D eigenvalue weighted by Crippen LogP contribution is 2.30. The molecule has 2 rings (SSSR count). The van der Waals surface area contributed by atoms with Gasteiger partial charge in [-0.1, -0.05) is 20.8 Å². The maximum absolute atomic E-state index is 12.5. The number of nitrogens with zero attached hydrogens (tertiary/aromatic N) is 2. The average Bonchev–Trinajstić information content (AvgIpc) is 2.58. The van der Waals surface area contributed by atoms with Crippen molar-refractivity contribution in [3.63, 3.8) is 0 Å². The molecule has 0 radical (unpaired) electrons. The first kappa shape index (κ1) is 19.7. The van der Waals surface area contributed by atoms with Crippen LogP contribution in [0.25, 0.3) is 0 Å². The van der Waals surface area contributed by atoms with Crippen LogP contribution in [-0.4, -0.2) is 74.9 Å². The van der Waals surface area contributed by atoms with Crippen molar-refractivity contribution in [1.82, 2.24) is 9.21 Å². The Bertz CT molecular complexity index is 694. The predicted molar refractivity (Wildman–Crippen MR) is 92.8 cm³/mol. The summed E-state index contributed by atoms with van der Waals surface area (Å²) in [7, 11) is -6.79. The van der Waals surface area contributed by atoms with Crippen molar-refractivity contribution >= 4 is 25.8 Å². The molecule has 2 aliphatic rings. The number of sulfone groups is 1. The van der Waals surface area contributed by atoms with E-state index in [1.54, 1.807) is 4.90 Å². The molecule has 2 heterocycles. The Morgan fingerprint density at radius 2 is 1.71 bits per heavy atom. The van der Waals surface area contributed by atoms with Crippen molar-refractivity contribution in [1.29, 1.82) is 0 Å². The molecular weight excluding hydrogens is 352 g/mol. The van der Waals surface area contributed by atoms with Crippen molar-refractivity contribution in [2.45, 2.75) is 51.3 Å². The normalized spacial score (nSPS) is 28.9. The summed E-state index contributed by atoms with van der Waals surface area (Å²) in [5, 5.41) is -0.714. The van der Waals surface area contributed by atoms with E-state index in [0.717, 1.165) is 6.26 Å². The second kappa shape index (κ2) is 6.57. The van der Waals surface area contributed by atoms with E-state index in [1.807, 2.05) is 20.8 Å². The van der Waals surface area contributed by atoms with Crippen LogP contribution < -0.4 is 0 Å². The standard InChI is InChI=1S/C15H28N2O5S2/c1-15(2,3)11-14(18)16-7-5-12-13(6-8-16)24(21,22)10-9-17(12)23(4,19)20/h12-13H,5-11H2,1-4H3/t12-,13+/m0/s1. The summed E-state index contributed by atoms with van der Waals surface area (Å²) in [5.74, 6) is -0.138. The maximum Gasteiger partial charge on any atom is 0.223 e. The van der Waals surface area contributed by atoms with Crippen molar-refractivity contribution in [2.75, 3.05) is 31.6 Å². The molecule has 7 nitrogen and oxygen atoms in total. The molecule has 2 fully saturated rings. The smallest absolute Gasteiger partial charge is 0.223 e. The van der Waals surface area contributed by atoms with E-state index >= 15 is 0 Å². The highest BCUT2D eigenvalue weighted by atomic mass is 32.2. The fraction of sp³-hybridized carbons (Fsp3) is 0.933. The minimum absolute atomic E-state index is 0.00412. The molecule has 140 valence electrons. The molecule has 0 aliphatic carbocycles. The monoisotopic (exact) mass is 380 g/mol. The third-order valence-electron chi connectivity index (χ3n) is 4.70. The van der Waals surface area contributed by atoms with Gasteiger partial charge in [0.1, 0.15) is 0 Å². The van der Waals surface area contributed by atoms with Gasteiger partial charge in [-0.2, -0.15) is 4.31 Å². The number of carbonyl (C=O) groups excluding carboxylic acids is 1. The largest absolute Gasteiger partial charge is 0.343 e. The van der Waals surface area contributed by atoms with Gasteiger partial charge in [0.15, 0.2) is 9.84 Å². The van der Waals surface area contributed by atoms with E-state index in [9.17, 15) is 21.6 Å². The van der Waals surface area contributed by atoms with E-state index in [1.165, 1.54) is 4.31 Å². The number of hydrogen-bond acceptors (Lipinski definition) is 5. The number of amides is 1. The van der Waals surface area contributed by atoms with Gasteiger partial charge in [0.05, 0.1) is 17.3 Å². The molecule has 1 amide bonds. The summed E-state index contributed by atoms with van der Waals surface area (Å²) in [5.41, 5.74) is -0.138. The topological polar surface area (TPSA) is 91.8 Å². The first-order valence-electron chi connectivity index (χ1n) is 8.27. The Balaban J connectivity index is 2.22. The molecule has 2 aliphatic heterocycles. The maximum atomic E-state index is 12.5. The van der Waals surface area contributed by atoms with E-state index in [-0.39, 0.29) is 23.6 Å². The lowest BCUT2D eigenvalue weighted by Crippen LogP contribution is -2.56. The Morgan fingerprint density at radius 1 is 1.12 bits per heavy atom. The summed E-state index contributed by atoms with van der Waals surface area (Å²) >= 11 is 0. The Hall–Kier alpha value is -0.670. The number of likely N-dealkylation sites (tertiary alicyclic amines) is 1. The van der Waals surface area contributed by atoms with Crippen molar-refractivity contribution in [2.24, 2.45) is 5.41 Å². The van der Waals surface area contributed by atoms with E-state index < -0.39 is 31.2 Å². The molecule has 0 saturated carbocycles. The van der Waals surface area contributed by atoms with E-state index in [0.29, 0.717) is 32.4 Å². The van der Waals surface area contributed by atoms with Crippen molar-refractivity contribution in [3.8, 4) is 0 Å². The second-order valence-corrected chi connectivity index (χ2v) is 12.3. The number of rotatable bonds is 2. The molecular formula is C15H28N2O5S2. The number of carbonyl (C=O) groups is 1. The molecule has 0 aromatic carbocycles. The Morgan fingerprint density at radius 3 is 2.25 bits per heavy atom. The molecule has 9 heteroatoms. The van der Waals surface area contributed by atoms with E-state index in [2.05, 4.69) is 0 Å². The van der Waals surface area contributed by atoms with Crippen molar-refractivity contribution in [3.05, 3.63) is 0 Å². The lowest BCUT2D eigenvalue weighted by atomic mass is 9.91. The zero-order valence-corrected chi connectivity index (χ0v) is 16.5. The zero-order valence-electron chi connectivity index (χ0n) is 14.9. The van der Waals surface area contributed by atoms with Gasteiger partial charge >= 0.3 is 0 Å². The molecule has 0 N–H and O–H groups in total. The quantitative estimate of drug-likeness (QED) is 0.694. The van der Waals surface area contributed by atoms with Crippen LogP contribution in [0.3, 0.4) is 0 Å². The van der Waals surface area contributed by atoms with Gasteiger partial charge < -0.3 is 4.90 Å². The van der Waals surface area contributed by atoms with Crippen molar-refractivity contribution < 1.29 is 21.6 Å². The number of hydrogen-bond donors (Lipinski definition) is 0. The molecule has 0 aromatic heterocycles. The molecule has 0 unspecified atom stereocenters. The lowest BCUT2D eigenvalue weighted by Gasteiger charge is -2.38. The molecule has 0 spiro atoms. The predicted octanol–water partition coefficient (Wildman–Crippen LogP) is 0.472. The first-order valence-corrected chi connectivity index (χ1v) is 11.8. The Kier molecular flexibility index (Phi) is 5.38. The molecule has 0 aromatic rings. The third-order valence-corrected chi connectivity index (χ3v) is 8.22. The van der Waals surface area contributed by atoms with Gasteiger partial charge in [0.2, 0.25) is 15.9 Å². The molecule has 24 heavy (non-hydrogen) atoms. The average molecular weight is 381 g/mol. The highest BCUT2D eigenvalue weighted by Gasteiger charge is 2.46.